The Labute approximate surface area is 112 Å². The van der Waals surface area contributed by atoms with Crippen LogP contribution in [-0.2, 0) is 6.54 Å². The molecule has 1 aromatic rings. The normalized spacial score (nSPS) is 24.4. The molecule has 1 aliphatic heterocycles. The molecule has 2 N–H and O–H groups in total. The van der Waals surface area contributed by atoms with E-state index in [0.29, 0.717) is 18.6 Å². The molecule has 17 heavy (non-hydrogen) atoms. The third kappa shape index (κ3) is 2.47. The summed E-state index contributed by atoms with van der Waals surface area (Å²) in [6, 6.07) is 3.27. The van der Waals surface area contributed by atoms with Crippen molar-refractivity contribution in [1.29, 1.82) is 0 Å². The van der Waals surface area contributed by atoms with Crippen molar-refractivity contribution in [3.8, 4) is 0 Å². The van der Waals surface area contributed by atoms with E-state index in [4.69, 9.17) is 5.73 Å². The van der Waals surface area contributed by atoms with Crippen molar-refractivity contribution in [3.05, 3.63) is 22.3 Å². The van der Waals surface area contributed by atoms with Gasteiger partial charge < -0.3 is 10.6 Å². The van der Waals surface area contributed by atoms with Crippen LogP contribution in [0.1, 0.15) is 38.7 Å². The van der Waals surface area contributed by atoms with Gasteiger partial charge in [-0.15, -0.1) is 0 Å². The van der Waals surface area contributed by atoms with Gasteiger partial charge in [-0.05, 0) is 48.2 Å². The Hall–Kier alpha value is -0.610. The van der Waals surface area contributed by atoms with Gasteiger partial charge in [-0.3, -0.25) is 0 Å². The SMILES string of the molecule is CCC1CCC(C)N1c1ncc(Br)cc1CN. The summed E-state index contributed by atoms with van der Waals surface area (Å²) in [7, 11) is 0. The average Bonchev–Trinajstić information content (AvgIpc) is 2.70. The largest absolute Gasteiger partial charge is 0.351 e. The highest BCUT2D eigenvalue weighted by atomic mass is 79.9. The number of hydrogen-bond donors (Lipinski definition) is 1. The summed E-state index contributed by atoms with van der Waals surface area (Å²) in [4.78, 5) is 7.03. The molecule has 0 saturated carbocycles. The summed E-state index contributed by atoms with van der Waals surface area (Å²) in [5.41, 5.74) is 6.96. The molecular weight excluding hydrogens is 278 g/mol. The van der Waals surface area contributed by atoms with E-state index >= 15 is 0 Å². The molecule has 0 bridgehead atoms. The second-order valence-corrected chi connectivity index (χ2v) is 5.65. The molecule has 0 aromatic carbocycles. The molecule has 2 rings (SSSR count). The van der Waals surface area contributed by atoms with Crippen LogP contribution in [0.4, 0.5) is 5.82 Å². The molecule has 1 fully saturated rings. The Morgan fingerprint density at radius 1 is 1.53 bits per heavy atom. The van der Waals surface area contributed by atoms with Crippen molar-refractivity contribution in [2.75, 3.05) is 4.90 Å². The molecule has 1 saturated heterocycles. The molecule has 0 aliphatic carbocycles. The summed E-state index contributed by atoms with van der Waals surface area (Å²) in [5.74, 6) is 1.08. The maximum atomic E-state index is 5.83. The molecule has 94 valence electrons. The molecule has 0 spiro atoms. The minimum absolute atomic E-state index is 0.543. The van der Waals surface area contributed by atoms with E-state index in [1.165, 1.54) is 19.3 Å². The van der Waals surface area contributed by atoms with Gasteiger partial charge in [0.25, 0.3) is 0 Å². The number of nitrogens with two attached hydrogens (primary N) is 1. The molecule has 2 atom stereocenters. The van der Waals surface area contributed by atoms with E-state index in [2.05, 4.69) is 45.7 Å². The Bertz CT molecular complexity index is 394. The van der Waals surface area contributed by atoms with Crippen molar-refractivity contribution in [2.45, 2.75) is 51.7 Å². The van der Waals surface area contributed by atoms with Crippen molar-refractivity contribution in [3.63, 3.8) is 0 Å². The molecule has 2 unspecified atom stereocenters. The Kier molecular flexibility index (Phi) is 4.05. The third-order valence-corrected chi connectivity index (χ3v) is 4.06. The molecule has 2 heterocycles. The van der Waals surface area contributed by atoms with Gasteiger partial charge in [0.05, 0.1) is 0 Å². The van der Waals surface area contributed by atoms with Gasteiger partial charge in [-0.2, -0.15) is 0 Å². The Morgan fingerprint density at radius 3 is 2.94 bits per heavy atom. The molecule has 1 aliphatic rings. The van der Waals surface area contributed by atoms with Crippen LogP contribution in [-0.4, -0.2) is 17.1 Å². The average molecular weight is 298 g/mol. The van der Waals surface area contributed by atoms with E-state index in [-0.39, 0.29) is 0 Å². The van der Waals surface area contributed by atoms with Gasteiger partial charge in [-0.1, -0.05) is 6.92 Å². The van der Waals surface area contributed by atoms with Gasteiger partial charge in [0.1, 0.15) is 5.82 Å². The molecule has 3 nitrogen and oxygen atoms in total. The number of pyridine rings is 1. The Balaban J connectivity index is 2.38. The highest BCUT2D eigenvalue weighted by Gasteiger charge is 2.31. The van der Waals surface area contributed by atoms with Crippen LogP contribution in [0.15, 0.2) is 16.7 Å². The highest BCUT2D eigenvalue weighted by molar-refractivity contribution is 9.10. The molecule has 0 amide bonds. The lowest BCUT2D eigenvalue weighted by molar-refractivity contribution is 0.618. The van der Waals surface area contributed by atoms with Gasteiger partial charge in [0, 0.05) is 34.9 Å². The van der Waals surface area contributed by atoms with Crippen LogP contribution < -0.4 is 10.6 Å². The van der Waals surface area contributed by atoms with Gasteiger partial charge in [-0.25, -0.2) is 4.98 Å². The van der Waals surface area contributed by atoms with Crippen LogP contribution in [0.3, 0.4) is 0 Å². The summed E-state index contributed by atoms with van der Waals surface area (Å²) in [6.07, 6.45) is 5.55. The first-order valence-corrected chi connectivity index (χ1v) is 7.09. The van der Waals surface area contributed by atoms with Gasteiger partial charge in [0.15, 0.2) is 0 Å². The van der Waals surface area contributed by atoms with Crippen molar-refractivity contribution < 1.29 is 0 Å². The summed E-state index contributed by atoms with van der Waals surface area (Å²) >= 11 is 3.46. The van der Waals surface area contributed by atoms with Crippen LogP contribution >= 0.6 is 15.9 Å². The van der Waals surface area contributed by atoms with Crippen molar-refractivity contribution in [2.24, 2.45) is 5.73 Å². The Morgan fingerprint density at radius 2 is 2.29 bits per heavy atom. The maximum Gasteiger partial charge on any atom is 0.133 e. The first-order valence-electron chi connectivity index (χ1n) is 6.30. The fourth-order valence-electron chi connectivity index (χ4n) is 2.71. The van der Waals surface area contributed by atoms with Crippen LogP contribution in [0.5, 0.6) is 0 Å². The van der Waals surface area contributed by atoms with E-state index < -0.39 is 0 Å². The van der Waals surface area contributed by atoms with Crippen molar-refractivity contribution >= 4 is 21.7 Å². The summed E-state index contributed by atoms with van der Waals surface area (Å²) < 4.78 is 1.00. The zero-order valence-corrected chi connectivity index (χ0v) is 12.1. The lowest BCUT2D eigenvalue weighted by atomic mass is 10.1. The minimum atomic E-state index is 0.543. The van der Waals surface area contributed by atoms with Crippen LogP contribution in [0.25, 0.3) is 0 Å². The second-order valence-electron chi connectivity index (χ2n) is 4.74. The zero-order chi connectivity index (χ0) is 12.4. The standard InChI is InChI=1S/C13H20BrN3/c1-3-12-5-4-9(2)17(12)13-10(7-15)6-11(14)8-16-13/h6,8-9,12H,3-5,7,15H2,1-2H3. The van der Waals surface area contributed by atoms with Crippen molar-refractivity contribution in [1.82, 2.24) is 4.98 Å². The van der Waals surface area contributed by atoms with E-state index in [0.717, 1.165) is 15.9 Å². The number of hydrogen-bond acceptors (Lipinski definition) is 3. The smallest absolute Gasteiger partial charge is 0.133 e. The fraction of sp³-hybridized carbons (Fsp3) is 0.615. The summed E-state index contributed by atoms with van der Waals surface area (Å²) in [6.45, 7) is 5.07. The van der Waals surface area contributed by atoms with Gasteiger partial charge >= 0.3 is 0 Å². The quantitative estimate of drug-likeness (QED) is 0.932. The highest BCUT2D eigenvalue weighted by Crippen LogP contribution is 2.33. The van der Waals surface area contributed by atoms with E-state index in [1.54, 1.807) is 0 Å². The minimum Gasteiger partial charge on any atom is -0.351 e. The first kappa shape index (κ1) is 12.8. The van der Waals surface area contributed by atoms with Gasteiger partial charge in [0.2, 0.25) is 0 Å². The molecule has 0 radical (unpaired) electrons. The predicted molar refractivity (Wildman–Crippen MR) is 75.1 cm³/mol. The monoisotopic (exact) mass is 297 g/mol. The van der Waals surface area contributed by atoms with Crippen LogP contribution in [0, 0.1) is 0 Å². The fourth-order valence-corrected chi connectivity index (χ4v) is 3.09. The van der Waals surface area contributed by atoms with E-state index in [1.807, 2.05) is 6.20 Å². The molecule has 1 aromatic heterocycles. The molecule has 4 heteroatoms. The third-order valence-electron chi connectivity index (χ3n) is 3.63. The molecular formula is C13H20BrN3. The topological polar surface area (TPSA) is 42.2 Å². The van der Waals surface area contributed by atoms with Crippen LogP contribution in [0.2, 0.25) is 0 Å². The number of rotatable bonds is 3. The number of anilines is 1. The first-order chi connectivity index (χ1) is 8.17. The zero-order valence-electron chi connectivity index (χ0n) is 10.5. The second kappa shape index (κ2) is 5.36. The maximum absolute atomic E-state index is 5.83. The van der Waals surface area contributed by atoms with E-state index in [9.17, 15) is 0 Å². The lowest BCUT2D eigenvalue weighted by Gasteiger charge is -2.30. The predicted octanol–water partition coefficient (Wildman–Crippen LogP) is 3.07. The number of aromatic nitrogens is 1. The number of nitrogens with zero attached hydrogens (tertiary/aromatic N) is 2. The number of halogens is 1. The summed E-state index contributed by atoms with van der Waals surface area (Å²) in [5, 5.41) is 0. The lowest BCUT2D eigenvalue weighted by Crippen LogP contribution is -2.35.